The number of Topliss-reactive ketones (excluding diaryl/α,β-unsaturated/α-hetero) is 1. The zero-order valence-corrected chi connectivity index (χ0v) is 12.8. The number of rotatable bonds is 7. The van der Waals surface area contributed by atoms with Crippen molar-refractivity contribution >= 4 is 25.5 Å². The van der Waals surface area contributed by atoms with Crippen LogP contribution in [0.2, 0.25) is 0 Å². The van der Waals surface area contributed by atoms with Crippen LogP contribution < -0.4 is 4.74 Å². The summed E-state index contributed by atoms with van der Waals surface area (Å²) < 4.78 is 50.4. The maximum atomic E-state index is 12.0. The van der Waals surface area contributed by atoms with Gasteiger partial charge in [0.1, 0.15) is 21.3 Å². The first-order chi connectivity index (χ1) is 9.14. The standard InChI is InChI=1S/C12H16O6S2/c1-18-12-6-4-3-5-10(12)11(13)9-20(16,17)8-7-19(2,14)15/h3-6H,7-9H2,1-2H3. The van der Waals surface area contributed by atoms with E-state index < -0.39 is 42.7 Å². The molecule has 0 fully saturated rings. The number of hydrogen-bond acceptors (Lipinski definition) is 6. The minimum atomic E-state index is -3.77. The number of ether oxygens (including phenoxy) is 1. The second-order valence-electron chi connectivity index (χ2n) is 4.35. The Labute approximate surface area is 118 Å². The molecule has 0 heterocycles. The molecular weight excluding hydrogens is 304 g/mol. The lowest BCUT2D eigenvalue weighted by Crippen LogP contribution is -2.23. The van der Waals surface area contributed by atoms with E-state index in [9.17, 15) is 21.6 Å². The van der Waals surface area contributed by atoms with Gasteiger partial charge in [-0.2, -0.15) is 0 Å². The molecule has 0 N–H and O–H groups in total. The van der Waals surface area contributed by atoms with Crippen molar-refractivity contribution in [2.45, 2.75) is 0 Å². The summed E-state index contributed by atoms with van der Waals surface area (Å²) in [5.41, 5.74) is 0.165. The van der Waals surface area contributed by atoms with Crippen molar-refractivity contribution in [3.05, 3.63) is 29.8 Å². The van der Waals surface area contributed by atoms with E-state index in [0.717, 1.165) is 6.26 Å². The molecule has 1 aromatic carbocycles. The fraction of sp³-hybridized carbons (Fsp3) is 0.417. The van der Waals surface area contributed by atoms with Gasteiger partial charge in [-0.25, -0.2) is 16.8 Å². The molecule has 0 bridgehead atoms. The van der Waals surface area contributed by atoms with Crippen LogP contribution in [0.25, 0.3) is 0 Å². The number of carbonyl (C=O) groups is 1. The Morgan fingerprint density at radius 3 is 2.25 bits per heavy atom. The van der Waals surface area contributed by atoms with Crippen LogP contribution in [0, 0.1) is 0 Å². The number of methoxy groups -OCH3 is 1. The van der Waals surface area contributed by atoms with Crippen molar-refractivity contribution in [1.82, 2.24) is 0 Å². The fourth-order valence-electron chi connectivity index (χ4n) is 1.50. The normalized spacial score (nSPS) is 12.1. The Bertz CT molecular complexity index is 688. The van der Waals surface area contributed by atoms with E-state index in [1.54, 1.807) is 18.2 Å². The van der Waals surface area contributed by atoms with Crippen LogP contribution >= 0.6 is 0 Å². The lowest BCUT2D eigenvalue weighted by Gasteiger charge is -2.07. The molecule has 6 nitrogen and oxygen atoms in total. The van der Waals surface area contributed by atoms with Gasteiger partial charge in [-0.3, -0.25) is 4.79 Å². The monoisotopic (exact) mass is 320 g/mol. The van der Waals surface area contributed by atoms with Gasteiger partial charge in [0.2, 0.25) is 0 Å². The molecule has 0 saturated heterocycles. The lowest BCUT2D eigenvalue weighted by atomic mass is 10.1. The van der Waals surface area contributed by atoms with Gasteiger partial charge in [0, 0.05) is 6.26 Å². The molecule has 0 aliphatic heterocycles. The Kier molecular flexibility index (Phi) is 5.29. The van der Waals surface area contributed by atoms with Gasteiger partial charge in [0.25, 0.3) is 0 Å². The van der Waals surface area contributed by atoms with Crippen LogP contribution in [0.1, 0.15) is 10.4 Å². The van der Waals surface area contributed by atoms with E-state index in [0.29, 0.717) is 0 Å². The van der Waals surface area contributed by atoms with E-state index in [-0.39, 0.29) is 11.3 Å². The molecule has 0 aliphatic carbocycles. The number of carbonyl (C=O) groups excluding carboxylic acids is 1. The third-order valence-corrected chi connectivity index (χ3v) is 5.26. The number of sulfone groups is 2. The summed E-state index contributed by atoms with van der Waals surface area (Å²) in [6, 6.07) is 6.27. The first-order valence-corrected chi connectivity index (χ1v) is 9.57. The van der Waals surface area contributed by atoms with Gasteiger partial charge in [0.15, 0.2) is 15.6 Å². The molecule has 0 aliphatic rings. The molecule has 112 valence electrons. The molecule has 0 unspecified atom stereocenters. The first kappa shape index (κ1) is 16.6. The zero-order chi connectivity index (χ0) is 15.4. The smallest absolute Gasteiger partial charge is 0.181 e. The summed E-state index contributed by atoms with van der Waals surface area (Å²) in [5.74, 6) is -2.11. The van der Waals surface area contributed by atoms with Crippen LogP contribution in [0.4, 0.5) is 0 Å². The largest absolute Gasteiger partial charge is 0.496 e. The third-order valence-electron chi connectivity index (χ3n) is 2.52. The average Bonchev–Trinajstić information content (AvgIpc) is 2.35. The summed E-state index contributed by atoms with van der Waals surface area (Å²) >= 11 is 0. The van der Waals surface area contributed by atoms with E-state index >= 15 is 0 Å². The minimum absolute atomic E-state index is 0.165. The molecule has 1 rings (SSSR count). The minimum Gasteiger partial charge on any atom is -0.496 e. The van der Waals surface area contributed by atoms with Crippen LogP contribution in [0.15, 0.2) is 24.3 Å². The summed E-state index contributed by atoms with van der Waals surface area (Å²) in [5, 5.41) is 0. The van der Waals surface area contributed by atoms with Gasteiger partial charge < -0.3 is 4.74 Å². The molecule has 0 aromatic heterocycles. The Morgan fingerprint density at radius 1 is 1.10 bits per heavy atom. The maximum absolute atomic E-state index is 12.0. The van der Waals surface area contributed by atoms with Gasteiger partial charge in [-0.15, -0.1) is 0 Å². The van der Waals surface area contributed by atoms with Crippen LogP contribution in [-0.2, 0) is 19.7 Å². The Hall–Kier alpha value is -1.41. The molecule has 20 heavy (non-hydrogen) atoms. The van der Waals surface area contributed by atoms with Gasteiger partial charge >= 0.3 is 0 Å². The highest BCUT2D eigenvalue weighted by atomic mass is 32.2. The molecule has 0 atom stereocenters. The highest BCUT2D eigenvalue weighted by Gasteiger charge is 2.21. The fourth-order valence-corrected chi connectivity index (χ4v) is 4.43. The molecule has 0 amide bonds. The van der Waals surface area contributed by atoms with Crippen LogP contribution in [-0.4, -0.2) is 53.2 Å². The van der Waals surface area contributed by atoms with Crippen molar-refractivity contribution < 1.29 is 26.4 Å². The number of benzene rings is 1. The average molecular weight is 320 g/mol. The van der Waals surface area contributed by atoms with Crippen molar-refractivity contribution in [3.63, 3.8) is 0 Å². The van der Waals surface area contributed by atoms with E-state index in [2.05, 4.69) is 0 Å². The highest BCUT2D eigenvalue weighted by molar-refractivity contribution is 7.95. The summed E-state index contributed by atoms with van der Waals surface area (Å²) in [6.45, 7) is 0. The predicted molar refractivity (Wildman–Crippen MR) is 75.7 cm³/mol. The first-order valence-electron chi connectivity index (χ1n) is 5.69. The summed E-state index contributed by atoms with van der Waals surface area (Å²) in [7, 11) is -5.78. The molecule has 0 saturated carbocycles. The highest BCUT2D eigenvalue weighted by Crippen LogP contribution is 2.18. The van der Waals surface area contributed by atoms with Gasteiger partial charge in [-0.1, -0.05) is 12.1 Å². The van der Waals surface area contributed by atoms with Gasteiger partial charge in [0.05, 0.1) is 24.2 Å². The quantitative estimate of drug-likeness (QED) is 0.672. The molecule has 0 spiro atoms. The van der Waals surface area contributed by atoms with E-state index in [4.69, 9.17) is 4.74 Å². The Morgan fingerprint density at radius 2 is 1.70 bits per heavy atom. The molecule has 8 heteroatoms. The molecular formula is C12H16O6S2. The third kappa shape index (κ3) is 5.30. The van der Waals surface area contributed by atoms with Crippen molar-refractivity contribution in [2.75, 3.05) is 30.6 Å². The van der Waals surface area contributed by atoms with Crippen molar-refractivity contribution in [2.24, 2.45) is 0 Å². The van der Waals surface area contributed by atoms with Gasteiger partial charge in [-0.05, 0) is 12.1 Å². The van der Waals surface area contributed by atoms with E-state index in [1.807, 2.05) is 0 Å². The summed E-state index contributed by atoms with van der Waals surface area (Å²) in [4.78, 5) is 12.0. The maximum Gasteiger partial charge on any atom is 0.181 e. The second kappa shape index (κ2) is 6.36. The topological polar surface area (TPSA) is 94.6 Å². The Balaban J connectivity index is 2.84. The number of ketones is 1. The SMILES string of the molecule is COc1ccccc1C(=O)CS(=O)(=O)CCS(C)(=O)=O. The van der Waals surface area contributed by atoms with Crippen LogP contribution in [0.5, 0.6) is 5.75 Å². The zero-order valence-electron chi connectivity index (χ0n) is 11.2. The van der Waals surface area contributed by atoms with Crippen molar-refractivity contribution in [1.29, 1.82) is 0 Å². The number of para-hydroxylation sites is 1. The molecule has 0 radical (unpaired) electrons. The summed E-state index contributed by atoms with van der Waals surface area (Å²) in [6.07, 6.45) is 0.949. The van der Waals surface area contributed by atoms with Crippen LogP contribution in [0.3, 0.4) is 0 Å². The number of hydrogen-bond donors (Lipinski definition) is 0. The predicted octanol–water partition coefficient (Wildman–Crippen LogP) is 0.337. The lowest BCUT2D eigenvalue weighted by molar-refractivity contribution is 0.101. The second-order valence-corrected chi connectivity index (χ2v) is 8.79. The van der Waals surface area contributed by atoms with Crippen molar-refractivity contribution in [3.8, 4) is 5.75 Å². The molecule has 1 aromatic rings. The van der Waals surface area contributed by atoms with E-state index in [1.165, 1.54) is 13.2 Å².